The first-order chi connectivity index (χ1) is 8.36. The Balaban J connectivity index is 1.63. The van der Waals surface area contributed by atoms with Gasteiger partial charge in [0.25, 0.3) is 0 Å². The Labute approximate surface area is 106 Å². The molecule has 0 amide bonds. The molecule has 0 spiro atoms. The van der Waals surface area contributed by atoms with Crippen molar-refractivity contribution in [2.45, 2.75) is 75.9 Å². The van der Waals surface area contributed by atoms with E-state index in [0.29, 0.717) is 0 Å². The number of hydrogen-bond acceptors (Lipinski definition) is 2. The van der Waals surface area contributed by atoms with Crippen LogP contribution in [0.5, 0.6) is 0 Å². The zero-order chi connectivity index (χ0) is 11.7. The van der Waals surface area contributed by atoms with Crippen molar-refractivity contribution in [2.75, 3.05) is 13.6 Å². The lowest BCUT2D eigenvalue weighted by Gasteiger charge is -2.49. The smallest absolute Gasteiger partial charge is 0.0113 e. The van der Waals surface area contributed by atoms with E-state index >= 15 is 0 Å². The molecule has 2 heterocycles. The fraction of sp³-hybridized carbons (Fsp3) is 1.00. The summed E-state index contributed by atoms with van der Waals surface area (Å²) in [4.78, 5) is 2.91. The van der Waals surface area contributed by atoms with Crippen LogP contribution in [0.1, 0.15) is 57.8 Å². The summed E-state index contributed by atoms with van der Waals surface area (Å²) in [5.74, 6) is 1.03. The van der Waals surface area contributed by atoms with E-state index in [-0.39, 0.29) is 0 Å². The average molecular weight is 236 g/mol. The fourth-order valence-electron chi connectivity index (χ4n) is 4.50. The van der Waals surface area contributed by atoms with Gasteiger partial charge in [-0.25, -0.2) is 0 Å². The molecule has 2 nitrogen and oxygen atoms in total. The standard InChI is InChI=1S/C15H28N2/c1-16-13-9-14-7-4-8-15(10-13)17(14)11-12-5-2-3-6-12/h12-16H,2-11H2,1H3. The molecule has 1 saturated carbocycles. The number of nitrogens with one attached hydrogen (secondary N) is 1. The van der Waals surface area contributed by atoms with Gasteiger partial charge in [-0.2, -0.15) is 0 Å². The number of nitrogens with zero attached hydrogens (tertiary/aromatic N) is 1. The summed E-state index contributed by atoms with van der Waals surface area (Å²) in [6.07, 6.45) is 13.2. The minimum absolute atomic E-state index is 0.796. The molecule has 1 N–H and O–H groups in total. The maximum Gasteiger partial charge on any atom is 0.0113 e. The van der Waals surface area contributed by atoms with E-state index in [4.69, 9.17) is 0 Å². The zero-order valence-electron chi connectivity index (χ0n) is 11.3. The molecule has 2 heteroatoms. The molecule has 3 rings (SSSR count). The van der Waals surface area contributed by atoms with Gasteiger partial charge < -0.3 is 5.32 Å². The molecule has 0 aromatic carbocycles. The molecule has 2 saturated heterocycles. The van der Waals surface area contributed by atoms with Crippen LogP contribution in [-0.4, -0.2) is 36.6 Å². The van der Waals surface area contributed by atoms with E-state index in [1.165, 1.54) is 64.3 Å². The van der Waals surface area contributed by atoms with Crippen LogP contribution in [-0.2, 0) is 0 Å². The van der Waals surface area contributed by atoms with Gasteiger partial charge in [0, 0.05) is 24.7 Å². The van der Waals surface area contributed by atoms with E-state index in [2.05, 4.69) is 17.3 Å². The summed E-state index contributed by atoms with van der Waals surface area (Å²) in [5, 5.41) is 3.52. The maximum absolute atomic E-state index is 3.52. The van der Waals surface area contributed by atoms with Gasteiger partial charge in [0.2, 0.25) is 0 Å². The van der Waals surface area contributed by atoms with Crippen LogP contribution in [0.4, 0.5) is 0 Å². The average Bonchev–Trinajstić information content (AvgIpc) is 2.81. The third kappa shape index (κ3) is 2.53. The summed E-state index contributed by atoms with van der Waals surface area (Å²) in [6, 6.07) is 2.60. The minimum atomic E-state index is 0.796. The highest BCUT2D eigenvalue weighted by molar-refractivity contribution is 4.95. The van der Waals surface area contributed by atoms with Gasteiger partial charge >= 0.3 is 0 Å². The lowest BCUT2D eigenvalue weighted by Crippen LogP contribution is -2.56. The second kappa shape index (κ2) is 5.27. The Morgan fingerprint density at radius 2 is 1.59 bits per heavy atom. The number of rotatable bonds is 3. The highest BCUT2D eigenvalue weighted by Gasteiger charge is 2.38. The van der Waals surface area contributed by atoms with Gasteiger partial charge in [-0.15, -0.1) is 0 Å². The van der Waals surface area contributed by atoms with Crippen LogP contribution in [0, 0.1) is 5.92 Å². The van der Waals surface area contributed by atoms with Gasteiger partial charge in [-0.3, -0.25) is 4.90 Å². The molecule has 0 radical (unpaired) electrons. The third-order valence-corrected chi connectivity index (χ3v) is 5.48. The van der Waals surface area contributed by atoms with Crippen LogP contribution in [0.2, 0.25) is 0 Å². The molecule has 17 heavy (non-hydrogen) atoms. The Morgan fingerprint density at radius 3 is 2.18 bits per heavy atom. The van der Waals surface area contributed by atoms with Gasteiger partial charge in [0.05, 0.1) is 0 Å². The molecular formula is C15H28N2. The Hall–Kier alpha value is -0.0800. The summed E-state index contributed by atoms with van der Waals surface area (Å²) in [7, 11) is 2.15. The molecule has 0 aromatic rings. The van der Waals surface area contributed by atoms with E-state index in [9.17, 15) is 0 Å². The highest BCUT2D eigenvalue weighted by atomic mass is 15.2. The first-order valence-corrected chi connectivity index (χ1v) is 7.80. The van der Waals surface area contributed by atoms with Crippen molar-refractivity contribution in [3.05, 3.63) is 0 Å². The van der Waals surface area contributed by atoms with E-state index in [1.54, 1.807) is 0 Å². The monoisotopic (exact) mass is 236 g/mol. The molecule has 2 unspecified atom stereocenters. The van der Waals surface area contributed by atoms with Gasteiger partial charge in [-0.1, -0.05) is 19.3 Å². The van der Waals surface area contributed by atoms with E-state index in [1.807, 2.05) is 0 Å². The van der Waals surface area contributed by atoms with Crippen molar-refractivity contribution in [2.24, 2.45) is 5.92 Å². The lowest BCUT2D eigenvalue weighted by molar-refractivity contribution is 0.0141. The second-order valence-electron chi connectivity index (χ2n) is 6.54. The Morgan fingerprint density at radius 1 is 0.941 bits per heavy atom. The zero-order valence-corrected chi connectivity index (χ0v) is 11.3. The fourth-order valence-corrected chi connectivity index (χ4v) is 4.50. The predicted molar refractivity (Wildman–Crippen MR) is 72.2 cm³/mol. The largest absolute Gasteiger partial charge is 0.317 e. The van der Waals surface area contributed by atoms with Crippen molar-refractivity contribution in [3.8, 4) is 0 Å². The predicted octanol–water partition coefficient (Wildman–Crippen LogP) is 2.78. The number of fused-ring (bicyclic) bond motifs is 2. The first kappa shape index (κ1) is 12.0. The van der Waals surface area contributed by atoms with Crippen LogP contribution in [0.3, 0.4) is 0 Å². The molecule has 1 aliphatic carbocycles. The topological polar surface area (TPSA) is 15.3 Å². The van der Waals surface area contributed by atoms with E-state index in [0.717, 1.165) is 24.0 Å². The molecule has 2 atom stereocenters. The molecular weight excluding hydrogens is 208 g/mol. The maximum atomic E-state index is 3.52. The quantitative estimate of drug-likeness (QED) is 0.810. The SMILES string of the molecule is CNC1CC2CCCC(C1)N2CC1CCCC1. The lowest BCUT2D eigenvalue weighted by atomic mass is 9.81. The van der Waals surface area contributed by atoms with Crippen molar-refractivity contribution >= 4 is 0 Å². The minimum Gasteiger partial charge on any atom is -0.317 e. The summed E-state index contributed by atoms with van der Waals surface area (Å²) in [5.41, 5.74) is 0. The Bertz CT molecular complexity index is 233. The van der Waals surface area contributed by atoms with E-state index < -0.39 is 0 Å². The normalized spacial score (nSPS) is 39.7. The molecule has 3 fully saturated rings. The van der Waals surface area contributed by atoms with Crippen LogP contribution in [0.15, 0.2) is 0 Å². The van der Waals surface area contributed by atoms with Gasteiger partial charge in [0.1, 0.15) is 0 Å². The third-order valence-electron chi connectivity index (χ3n) is 5.48. The van der Waals surface area contributed by atoms with Gasteiger partial charge in [-0.05, 0) is 51.5 Å². The number of hydrogen-bond donors (Lipinski definition) is 1. The summed E-state index contributed by atoms with van der Waals surface area (Å²) >= 11 is 0. The summed E-state index contributed by atoms with van der Waals surface area (Å²) < 4.78 is 0. The summed E-state index contributed by atoms with van der Waals surface area (Å²) in [6.45, 7) is 1.42. The Kier molecular flexibility index (Phi) is 3.72. The number of piperidine rings is 2. The van der Waals surface area contributed by atoms with Crippen LogP contribution < -0.4 is 5.32 Å². The molecule has 2 bridgehead atoms. The molecule has 2 aliphatic heterocycles. The van der Waals surface area contributed by atoms with Crippen LogP contribution in [0.25, 0.3) is 0 Å². The second-order valence-corrected chi connectivity index (χ2v) is 6.54. The van der Waals surface area contributed by atoms with Gasteiger partial charge in [0.15, 0.2) is 0 Å². The molecule has 98 valence electrons. The molecule has 0 aromatic heterocycles. The van der Waals surface area contributed by atoms with Crippen LogP contribution >= 0.6 is 0 Å². The first-order valence-electron chi connectivity index (χ1n) is 7.80. The van der Waals surface area contributed by atoms with Crippen molar-refractivity contribution in [3.63, 3.8) is 0 Å². The van der Waals surface area contributed by atoms with Crippen molar-refractivity contribution in [1.82, 2.24) is 10.2 Å². The van der Waals surface area contributed by atoms with Crippen molar-refractivity contribution < 1.29 is 0 Å². The van der Waals surface area contributed by atoms with Crippen molar-refractivity contribution in [1.29, 1.82) is 0 Å². The highest BCUT2D eigenvalue weighted by Crippen LogP contribution is 2.36. The molecule has 3 aliphatic rings.